The van der Waals surface area contributed by atoms with Gasteiger partial charge in [-0.2, -0.15) is 0 Å². The van der Waals surface area contributed by atoms with Crippen LogP contribution in [0.5, 0.6) is 0 Å². The molecule has 0 unspecified atom stereocenters. The Hall–Kier alpha value is -2.37. The minimum absolute atomic E-state index is 0.00370. The van der Waals surface area contributed by atoms with E-state index in [1.165, 1.54) is 12.1 Å². The zero-order valence-corrected chi connectivity index (χ0v) is 12.3. The van der Waals surface area contributed by atoms with Gasteiger partial charge in [-0.15, -0.1) is 0 Å². The molecule has 6 nitrogen and oxygen atoms in total. The Bertz CT molecular complexity index is 668. The summed E-state index contributed by atoms with van der Waals surface area (Å²) < 4.78 is 0. The van der Waals surface area contributed by atoms with E-state index < -0.39 is 10.9 Å². The molecule has 0 spiro atoms. The summed E-state index contributed by atoms with van der Waals surface area (Å²) in [4.78, 5) is 22.4. The van der Waals surface area contributed by atoms with E-state index in [1.54, 1.807) is 0 Å². The Kier molecular flexibility index (Phi) is 3.60. The number of carboxylic acids is 1. The second-order valence-electron chi connectivity index (χ2n) is 5.88. The van der Waals surface area contributed by atoms with Crippen molar-refractivity contribution in [3.05, 3.63) is 45.5 Å². The molecule has 0 radical (unpaired) electrons. The third-order valence-electron chi connectivity index (χ3n) is 4.64. The Balaban J connectivity index is 2.20. The number of hydrogen-bond donors (Lipinski definition) is 2. The van der Waals surface area contributed by atoms with Crippen molar-refractivity contribution in [2.45, 2.75) is 38.1 Å². The fourth-order valence-corrected chi connectivity index (χ4v) is 3.73. The Morgan fingerprint density at radius 1 is 1.50 bits per heavy atom. The molecule has 6 heteroatoms. The fraction of sp³-hybridized carbons (Fsp3) is 0.438. The van der Waals surface area contributed by atoms with E-state index in [2.05, 4.69) is 12.2 Å². The predicted molar refractivity (Wildman–Crippen MR) is 82.4 cm³/mol. The monoisotopic (exact) mass is 302 g/mol. The van der Waals surface area contributed by atoms with Crippen LogP contribution in [0.1, 0.15) is 48.0 Å². The minimum Gasteiger partial charge on any atom is -0.478 e. The maximum absolute atomic E-state index is 11.5. The molecule has 0 amide bonds. The highest BCUT2D eigenvalue weighted by Crippen LogP contribution is 2.50. The van der Waals surface area contributed by atoms with Crippen molar-refractivity contribution in [2.75, 3.05) is 5.32 Å². The van der Waals surface area contributed by atoms with Gasteiger partial charge < -0.3 is 10.4 Å². The van der Waals surface area contributed by atoms with Crippen LogP contribution in [-0.2, 0) is 0 Å². The summed E-state index contributed by atoms with van der Waals surface area (Å²) in [7, 11) is 0. The van der Waals surface area contributed by atoms with E-state index >= 15 is 0 Å². The molecule has 0 saturated carbocycles. The molecule has 3 atom stereocenters. The molecule has 3 rings (SSSR count). The first kappa shape index (κ1) is 14.6. The van der Waals surface area contributed by atoms with Gasteiger partial charge in [0.25, 0.3) is 5.69 Å². The van der Waals surface area contributed by atoms with Gasteiger partial charge in [-0.25, -0.2) is 4.79 Å². The lowest BCUT2D eigenvalue weighted by Gasteiger charge is -2.37. The molecular formula is C16H18N2O4. The van der Waals surface area contributed by atoms with Gasteiger partial charge in [-0.1, -0.05) is 25.5 Å². The predicted octanol–water partition coefficient (Wildman–Crippen LogP) is 3.55. The van der Waals surface area contributed by atoms with Gasteiger partial charge in [0.2, 0.25) is 0 Å². The molecule has 0 aromatic heterocycles. The molecule has 0 fully saturated rings. The van der Waals surface area contributed by atoms with Crippen LogP contribution in [0.3, 0.4) is 0 Å². The Morgan fingerprint density at radius 2 is 2.27 bits per heavy atom. The third-order valence-corrected chi connectivity index (χ3v) is 4.64. The summed E-state index contributed by atoms with van der Waals surface area (Å²) in [6.45, 7) is 2.08. The van der Waals surface area contributed by atoms with E-state index in [0.29, 0.717) is 11.3 Å². The molecule has 1 aromatic rings. The number of nitro benzene ring substituents is 1. The van der Waals surface area contributed by atoms with Crippen molar-refractivity contribution >= 4 is 17.3 Å². The maximum Gasteiger partial charge on any atom is 0.337 e. The summed E-state index contributed by atoms with van der Waals surface area (Å²) in [6, 6.07) is 2.79. The number of carboxylic acid groups (broad SMARTS) is 1. The van der Waals surface area contributed by atoms with Gasteiger partial charge in [-0.05, 0) is 24.8 Å². The number of allylic oxidation sites excluding steroid dienone is 2. The number of hydrogen-bond acceptors (Lipinski definition) is 4. The molecule has 0 bridgehead atoms. The minimum atomic E-state index is -1.06. The molecular weight excluding hydrogens is 284 g/mol. The average Bonchev–Trinajstić information content (AvgIpc) is 2.95. The van der Waals surface area contributed by atoms with Crippen LogP contribution in [0.2, 0.25) is 0 Å². The summed E-state index contributed by atoms with van der Waals surface area (Å²) in [6.07, 6.45) is 6.81. The van der Waals surface area contributed by atoms with E-state index in [4.69, 9.17) is 0 Å². The quantitative estimate of drug-likeness (QED) is 0.504. The molecule has 1 aromatic carbocycles. The maximum atomic E-state index is 11.5. The topological polar surface area (TPSA) is 92.5 Å². The molecule has 2 N–H and O–H groups in total. The number of aromatic carboxylic acids is 1. The highest BCUT2D eigenvalue weighted by atomic mass is 16.6. The molecule has 1 aliphatic carbocycles. The third kappa shape index (κ3) is 2.15. The lowest BCUT2D eigenvalue weighted by molar-refractivity contribution is -0.385. The Labute approximate surface area is 128 Å². The number of carbonyl (C=O) groups is 1. The zero-order chi connectivity index (χ0) is 15.9. The van der Waals surface area contributed by atoms with Gasteiger partial charge in [0, 0.05) is 18.0 Å². The average molecular weight is 302 g/mol. The highest BCUT2D eigenvalue weighted by molar-refractivity contribution is 5.97. The Morgan fingerprint density at radius 3 is 2.91 bits per heavy atom. The number of rotatable bonds is 4. The van der Waals surface area contributed by atoms with Gasteiger partial charge in [0.15, 0.2) is 0 Å². The van der Waals surface area contributed by atoms with E-state index in [0.717, 1.165) is 19.3 Å². The molecule has 116 valence electrons. The van der Waals surface area contributed by atoms with E-state index in [-0.39, 0.29) is 29.1 Å². The molecule has 0 saturated heterocycles. The fourth-order valence-electron chi connectivity index (χ4n) is 3.73. The van der Waals surface area contributed by atoms with Crippen molar-refractivity contribution in [1.29, 1.82) is 0 Å². The van der Waals surface area contributed by atoms with E-state index in [1.807, 2.05) is 12.2 Å². The van der Waals surface area contributed by atoms with Crippen molar-refractivity contribution in [3.8, 4) is 0 Å². The molecule has 22 heavy (non-hydrogen) atoms. The number of benzene rings is 1. The summed E-state index contributed by atoms with van der Waals surface area (Å²) >= 11 is 0. The van der Waals surface area contributed by atoms with Gasteiger partial charge in [0.05, 0.1) is 21.7 Å². The largest absolute Gasteiger partial charge is 0.478 e. The summed E-state index contributed by atoms with van der Waals surface area (Å²) in [5, 5.41) is 24.0. The highest BCUT2D eigenvalue weighted by Gasteiger charge is 2.42. The van der Waals surface area contributed by atoms with Crippen molar-refractivity contribution in [3.63, 3.8) is 0 Å². The van der Waals surface area contributed by atoms with Gasteiger partial charge in [0.1, 0.15) is 0 Å². The van der Waals surface area contributed by atoms with Crippen LogP contribution in [0.15, 0.2) is 24.3 Å². The SMILES string of the molecule is CCC[C@H]1Nc2c(C(=O)O)ccc([N+](=O)[O-])c2[C@@H]2C=CC[C@H]12. The van der Waals surface area contributed by atoms with Gasteiger partial charge in [-0.3, -0.25) is 10.1 Å². The van der Waals surface area contributed by atoms with Crippen LogP contribution in [0.4, 0.5) is 11.4 Å². The first-order valence-corrected chi connectivity index (χ1v) is 7.52. The van der Waals surface area contributed by atoms with Crippen LogP contribution < -0.4 is 5.32 Å². The lowest BCUT2D eigenvalue weighted by atomic mass is 9.76. The van der Waals surface area contributed by atoms with Crippen molar-refractivity contribution in [2.24, 2.45) is 5.92 Å². The molecule has 1 aliphatic heterocycles. The van der Waals surface area contributed by atoms with E-state index in [9.17, 15) is 20.0 Å². The van der Waals surface area contributed by atoms with Gasteiger partial charge >= 0.3 is 5.97 Å². The van der Waals surface area contributed by atoms with Crippen LogP contribution in [0, 0.1) is 16.0 Å². The smallest absolute Gasteiger partial charge is 0.337 e. The van der Waals surface area contributed by atoms with Crippen LogP contribution in [0.25, 0.3) is 0 Å². The standard InChI is InChI=1S/C16H18N2O4/c1-2-4-12-9-5-3-6-10(9)14-13(18(21)22)8-7-11(16(19)20)15(14)17-12/h3,6-10,12,17H,2,4-5H2,1H3,(H,19,20)/t9-,10+,12+/m0/s1. The number of nitrogens with zero attached hydrogens (tertiary/aromatic N) is 1. The zero-order valence-electron chi connectivity index (χ0n) is 12.3. The number of anilines is 1. The number of fused-ring (bicyclic) bond motifs is 3. The molecule has 2 aliphatic rings. The van der Waals surface area contributed by atoms with Crippen molar-refractivity contribution in [1.82, 2.24) is 0 Å². The summed E-state index contributed by atoms with van der Waals surface area (Å²) in [5.41, 5.74) is 1.06. The summed E-state index contributed by atoms with van der Waals surface area (Å²) in [5.74, 6) is -0.878. The van der Waals surface area contributed by atoms with Crippen molar-refractivity contribution < 1.29 is 14.8 Å². The second-order valence-corrected chi connectivity index (χ2v) is 5.88. The second kappa shape index (κ2) is 5.44. The van der Waals surface area contributed by atoms with Crippen LogP contribution >= 0.6 is 0 Å². The normalized spacial score (nSPS) is 25.2. The lowest BCUT2D eigenvalue weighted by Crippen LogP contribution is -2.37. The number of nitro groups is 1. The number of nitrogens with one attached hydrogen (secondary N) is 1. The first-order chi connectivity index (χ1) is 10.5. The van der Waals surface area contributed by atoms with Crippen LogP contribution in [-0.4, -0.2) is 22.0 Å². The molecule has 1 heterocycles. The first-order valence-electron chi connectivity index (χ1n) is 7.52.